The Morgan fingerprint density at radius 1 is 0.622 bits per heavy atom. The van der Waals surface area contributed by atoms with E-state index in [9.17, 15) is 45.5 Å². The van der Waals surface area contributed by atoms with E-state index in [1.807, 2.05) is 24.3 Å². The molecule has 4 aromatic carbocycles. The number of thiophene rings is 2. The topological polar surface area (TPSA) is 120 Å². The molecule has 0 aliphatic carbocycles. The van der Waals surface area contributed by atoms with E-state index in [1.54, 1.807) is 97.6 Å². The molecule has 0 bridgehead atoms. The highest BCUT2D eigenvalue weighted by Crippen LogP contribution is 2.45. The van der Waals surface area contributed by atoms with Crippen LogP contribution in [-0.2, 0) is 67.1 Å². The van der Waals surface area contributed by atoms with Gasteiger partial charge in [0.05, 0.1) is 13.2 Å². The van der Waals surface area contributed by atoms with Crippen LogP contribution in [0.15, 0.2) is 109 Å². The summed E-state index contributed by atoms with van der Waals surface area (Å²) < 4.78 is 102. The van der Waals surface area contributed by atoms with E-state index in [0.717, 1.165) is 41.2 Å². The first kappa shape index (κ1) is 58.8. The SMILES string of the molecule is CCOC(=O)CCCC(=O)Cl.CCOC(=O)CCCC(=O)N1CCc2cc(OCc3cc(-c4ccccc4)c(C(F)(F)F)s3)ccc21.Cl.FC(F)(F)c1sc(COc2ccc3c(c2)CCN3)cc1-c1ccccc1. The highest BCUT2D eigenvalue weighted by molar-refractivity contribution is 7.13. The maximum atomic E-state index is 13.6. The van der Waals surface area contributed by atoms with Crippen LogP contribution in [0.25, 0.3) is 22.3 Å². The van der Waals surface area contributed by atoms with Gasteiger partial charge in [-0.3, -0.25) is 19.2 Å². The number of benzene rings is 4. The van der Waals surface area contributed by atoms with E-state index >= 15 is 0 Å². The van der Waals surface area contributed by atoms with Crippen molar-refractivity contribution >= 4 is 81.1 Å². The van der Waals surface area contributed by atoms with E-state index in [0.29, 0.717) is 82.7 Å². The molecule has 0 unspecified atom stereocenters. The highest BCUT2D eigenvalue weighted by atomic mass is 35.5. The molecule has 2 aliphatic rings. The molecule has 10 nitrogen and oxygen atoms in total. The number of carbonyl (C=O) groups is 4. The molecule has 4 heterocycles. The maximum absolute atomic E-state index is 13.6. The summed E-state index contributed by atoms with van der Waals surface area (Å²) in [7, 11) is 0. The molecule has 20 heteroatoms. The van der Waals surface area contributed by atoms with Crippen molar-refractivity contribution in [3.63, 3.8) is 0 Å². The molecule has 0 atom stereocenters. The second kappa shape index (κ2) is 28.0. The minimum absolute atomic E-state index is 0. The smallest absolute Gasteiger partial charge is 0.426 e. The Morgan fingerprint density at radius 2 is 1.11 bits per heavy atom. The fourth-order valence-electron chi connectivity index (χ4n) is 7.88. The number of nitrogens with zero attached hydrogens (tertiary/aromatic N) is 1. The molecule has 2 aliphatic heterocycles. The monoisotopic (exact) mass is 1110 g/mol. The van der Waals surface area contributed by atoms with Gasteiger partial charge in [0.15, 0.2) is 0 Å². The number of esters is 2. The van der Waals surface area contributed by atoms with Gasteiger partial charge in [0.1, 0.15) is 34.5 Å². The third kappa shape index (κ3) is 17.2. The summed E-state index contributed by atoms with van der Waals surface area (Å²) in [5.74, 6) is 0.575. The van der Waals surface area contributed by atoms with Crippen LogP contribution in [0.2, 0.25) is 0 Å². The van der Waals surface area contributed by atoms with Crippen molar-refractivity contribution in [1.82, 2.24) is 0 Å². The molecule has 396 valence electrons. The van der Waals surface area contributed by atoms with Gasteiger partial charge < -0.3 is 29.2 Å². The summed E-state index contributed by atoms with van der Waals surface area (Å²) >= 11 is 6.48. The van der Waals surface area contributed by atoms with Crippen LogP contribution in [0.3, 0.4) is 0 Å². The number of carbonyl (C=O) groups excluding carboxylic acids is 4. The summed E-state index contributed by atoms with van der Waals surface area (Å²) in [6.45, 7) is 5.75. The molecule has 0 radical (unpaired) electrons. The van der Waals surface area contributed by atoms with Crippen LogP contribution in [0.5, 0.6) is 11.5 Å². The van der Waals surface area contributed by atoms with Crippen LogP contribution in [0, 0.1) is 0 Å². The van der Waals surface area contributed by atoms with Crippen molar-refractivity contribution in [2.45, 2.75) is 90.8 Å². The number of amides is 1. The standard InChI is InChI=1S/C27H26F3NO4S.C20H16F3NOS.C7H11ClO3.ClH/c1-2-34-25(33)10-6-9-24(32)31-14-13-19-15-20(11-12-23(19)31)35-17-21-16-22(18-7-4-3-5-8-18)26(36-21)27(28,29)30;21-20(22,23)19-17(13-4-2-1-3-5-13)11-16(26-19)12-25-15-6-7-18-14(10-15)8-9-24-18;1-2-11-7(10)5-3-4-6(8)9;/h3-5,7-8,11-12,15-16H,2,6,9-10,13-14,17H2,1H3;1-7,10-11,24H,8-9,12H2;2-5H2,1H3;1H. The number of hydrogen-bond acceptors (Lipinski definition) is 11. The first-order valence-electron chi connectivity index (χ1n) is 23.5. The minimum atomic E-state index is -4.45. The number of fused-ring (bicyclic) bond motifs is 2. The summed E-state index contributed by atoms with van der Waals surface area (Å²) in [4.78, 5) is 46.4. The first-order valence-corrected chi connectivity index (χ1v) is 25.5. The van der Waals surface area contributed by atoms with Crippen LogP contribution in [0.4, 0.5) is 37.7 Å². The highest BCUT2D eigenvalue weighted by Gasteiger charge is 2.37. The lowest BCUT2D eigenvalue weighted by molar-refractivity contribution is -0.144. The van der Waals surface area contributed by atoms with Crippen LogP contribution < -0.4 is 19.7 Å². The predicted octanol–water partition coefficient (Wildman–Crippen LogP) is 14.5. The lowest BCUT2D eigenvalue weighted by Gasteiger charge is -2.17. The molecule has 8 rings (SSSR count). The summed E-state index contributed by atoms with van der Waals surface area (Å²) in [5.41, 5.74) is 5.44. The van der Waals surface area contributed by atoms with Gasteiger partial charge in [-0.05, 0) is 122 Å². The van der Waals surface area contributed by atoms with Crippen molar-refractivity contribution in [2.75, 3.05) is 36.5 Å². The Morgan fingerprint density at radius 3 is 1.59 bits per heavy atom. The van der Waals surface area contributed by atoms with Gasteiger partial charge in [-0.1, -0.05) is 60.7 Å². The van der Waals surface area contributed by atoms with Gasteiger partial charge in [-0.2, -0.15) is 26.3 Å². The molecule has 2 aromatic heterocycles. The van der Waals surface area contributed by atoms with E-state index in [2.05, 4.69) is 10.1 Å². The van der Waals surface area contributed by atoms with E-state index in [-0.39, 0.29) is 80.3 Å². The van der Waals surface area contributed by atoms with Crippen LogP contribution in [0.1, 0.15) is 83.0 Å². The maximum Gasteiger partial charge on any atom is 0.426 e. The Kier molecular flexibility index (Phi) is 22.2. The number of rotatable bonds is 18. The van der Waals surface area contributed by atoms with Crippen molar-refractivity contribution in [3.05, 3.63) is 140 Å². The molecule has 6 aromatic rings. The Bertz CT molecular complexity index is 2810. The van der Waals surface area contributed by atoms with Gasteiger partial charge >= 0.3 is 24.3 Å². The van der Waals surface area contributed by atoms with E-state index < -0.39 is 27.3 Å². The molecule has 1 N–H and O–H groups in total. The lowest BCUT2D eigenvalue weighted by atomic mass is 10.1. The lowest BCUT2D eigenvalue weighted by Crippen LogP contribution is -2.28. The van der Waals surface area contributed by atoms with E-state index in [1.165, 1.54) is 11.6 Å². The molecule has 0 spiro atoms. The molecule has 1 amide bonds. The average molecular weight is 1110 g/mol. The zero-order valence-electron chi connectivity index (χ0n) is 40.4. The summed E-state index contributed by atoms with van der Waals surface area (Å²) in [6.07, 6.45) is -5.38. The Balaban J connectivity index is 0.000000233. The fourth-order valence-corrected chi connectivity index (χ4v) is 9.93. The zero-order valence-corrected chi connectivity index (χ0v) is 43.6. The zero-order chi connectivity index (χ0) is 52.5. The molecule has 0 fully saturated rings. The van der Waals surface area contributed by atoms with Crippen LogP contribution in [-0.4, -0.2) is 49.4 Å². The fraction of sp³-hybridized carbons (Fsp3) is 0.333. The van der Waals surface area contributed by atoms with E-state index in [4.69, 9.17) is 25.8 Å². The van der Waals surface area contributed by atoms with Crippen molar-refractivity contribution in [1.29, 1.82) is 0 Å². The van der Waals surface area contributed by atoms with Crippen molar-refractivity contribution < 1.29 is 64.5 Å². The third-order valence-corrected chi connectivity index (χ3v) is 13.7. The Labute approximate surface area is 444 Å². The van der Waals surface area contributed by atoms with Gasteiger partial charge in [0.2, 0.25) is 11.1 Å². The molecule has 0 saturated heterocycles. The number of nitrogens with one attached hydrogen (secondary N) is 1. The quantitative estimate of drug-likeness (QED) is 0.0509. The average Bonchev–Trinajstić information content (AvgIpc) is 4.19. The Hall–Kier alpha value is -6.08. The van der Waals surface area contributed by atoms with Crippen LogP contribution >= 0.6 is 46.7 Å². The van der Waals surface area contributed by atoms with Gasteiger partial charge in [0.25, 0.3) is 0 Å². The second-order valence-corrected chi connectivity index (χ2v) is 19.2. The number of anilines is 2. The molecular formula is C54H54Cl2F6N2O8S2. The minimum Gasteiger partial charge on any atom is -0.488 e. The third-order valence-electron chi connectivity index (χ3n) is 11.2. The first-order chi connectivity index (χ1) is 34.9. The van der Waals surface area contributed by atoms with Crippen molar-refractivity contribution in [2.24, 2.45) is 0 Å². The van der Waals surface area contributed by atoms with Crippen molar-refractivity contribution in [3.8, 4) is 33.8 Å². The number of ether oxygens (including phenoxy) is 4. The van der Waals surface area contributed by atoms with Gasteiger partial charge in [-0.25, -0.2) is 0 Å². The molecule has 74 heavy (non-hydrogen) atoms. The largest absolute Gasteiger partial charge is 0.488 e. The molecular weight excluding hydrogens is 1050 g/mol. The van der Waals surface area contributed by atoms with Gasteiger partial charge in [-0.15, -0.1) is 35.1 Å². The molecule has 0 saturated carbocycles. The summed E-state index contributed by atoms with van der Waals surface area (Å²) in [6, 6.07) is 31.3. The number of hydrogen-bond donors (Lipinski definition) is 1. The summed E-state index contributed by atoms with van der Waals surface area (Å²) in [5, 5.41) is 2.86. The predicted molar refractivity (Wildman–Crippen MR) is 278 cm³/mol. The van der Waals surface area contributed by atoms with Gasteiger partial charge in [0, 0.05) is 71.0 Å². The second-order valence-electron chi connectivity index (χ2n) is 16.5. The number of halogens is 8. The number of alkyl halides is 6. The normalized spacial score (nSPS) is 12.4.